The van der Waals surface area contributed by atoms with Gasteiger partial charge in [0.15, 0.2) is 11.6 Å². The highest BCUT2D eigenvalue weighted by Crippen LogP contribution is 2.23. The lowest BCUT2D eigenvalue weighted by molar-refractivity contribution is 0.182. The summed E-state index contributed by atoms with van der Waals surface area (Å²) >= 11 is 0. The minimum atomic E-state index is -3.90. The monoisotopic (exact) mass is 421 g/mol. The number of halogens is 3. The third-order valence-corrected chi connectivity index (χ3v) is 6.95. The van der Waals surface area contributed by atoms with E-state index in [9.17, 15) is 21.6 Å². The van der Waals surface area contributed by atoms with Gasteiger partial charge in [-0.25, -0.2) is 21.6 Å². The lowest BCUT2D eigenvalue weighted by Crippen LogP contribution is -2.48. The minimum absolute atomic E-state index is 0.216. The number of aromatic nitrogens is 1. The van der Waals surface area contributed by atoms with Crippen molar-refractivity contribution in [3.63, 3.8) is 0 Å². The third-order valence-electron chi connectivity index (χ3n) is 5.05. The number of fused-ring (bicyclic) bond motifs is 1. The fourth-order valence-electron chi connectivity index (χ4n) is 3.48. The number of hydrogen-bond donors (Lipinski definition) is 0. The fraction of sp³-hybridized carbons (Fsp3) is 0.250. The quantitative estimate of drug-likeness (QED) is 0.650. The Morgan fingerprint density at radius 3 is 2.34 bits per heavy atom. The molecule has 0 spiro atoms. The molecule has 0 atom stereocenters. The molecule has 1 aromatic heterocycles. The van der Waals surface area contributed by atoms with Gasteiger partial charge in [0.25, 0.3) is 0 Å². The maximum atomic E-state index is 14.0. The van der Waals surface area contributed by atoms with Crippen LogP contribution in [0.5, 0.6) is 0 Å². The van der Waals surface area contributed by atoms with Crippen molar-refractivity contribution < 1.29 is 21.6 Å². The van der Waals surface area contributed by atoms with Crippen molar-refractivity contribution in [1.29, 1.82) is 0 Å². The first-order valence-corrected chi connectivity index (χ1v) is 10.5. The molecule has 5 nitrogen and oxygen atoms in total. The van der Waals surface area contributed by atoms with E-state index < -0.39 is 21.7 Å². The molecule has 3 aromatic rings. The SMILES string of the molecule is O=S(=O)(c1ccc(F)c(F)c1)N1CCN(Cc2ccc(F)c3cccnc23)CC1. The predicted octanol–water partition coefficient (Wildman–Crippen LogP) is 3.16. The molecule has 4 rings (SSSR count). The van der Waals surface area contributed by atoms with E-state index in [4.69, 9.17) is 0 Å². The number of sulfonamides is 1. The summed E-state index contributed by atoms with van der Waals surface area (Å²) in [7, 11) is -3.90. The molecule has 1 aliphatic heterocycles. The Bertz CT molecular complexity index is 1160. The van der Waals surface area contributed by atoms with Crippen molar-refractivity contribution in [1.82, 2.24) is 14.2 Å². The van der Waals surface area contributed by atoms with E-state index in [0.717, 1.165) is 17.7 Å². The zero-order chi connectivity index (χ0) is 20.6. The standard InChI is InChI=1S/C20H18F3N3O2S/c21-17-5-3-14(20-16(17)2-1-7-24-20)13-25-8-10-26(11-9-25)29(27,28)15-4-6-18(22)19(23)12-15/h1-7,12H,8-11,13H2. The number of piperazine rings is 1. The summed E-state index contributed by atoms with van der Waals surface area (Å²) in [5.41, 5.74) is 1.45. The van der Waals surface area contributed by atoms with E-state index in [1.807, 2.05) is 0 Å². The van der Waals surface area contributed by atoms with Crippen LogP contribution < -0.4 is 0 Å². The third kappa shape index (κ3) is 3.85. The second kappa shape index (κ2) is 7.74. The van der Waals surface area contributed by atoms with Crippen molar-refractivity contribution in [2.45, 2.75) is 11.4 Å². The number of rotatable bonds is 4. The average molecular weight is 421 g/mol. The van der Waals surface area contributed by atoms with E-state index in [1.165, 1.54) is 10.4 Å². The van der Waals surface area contributed by atoms with Crippen LogP contribution in [0.2, 0.25) is 0 Å². The van der Waals surface area contributed by atoms with Crippen molar-refractivity contribution in [2.75, 3.05) is 26.2 Å². The average Bonchev–Trinajstić information content (AvgIpc) is 2.72. The smallest absolute Gasteiger partial charge is 0.243 e. The van der Waals surface area contributed by atoms with Crippen molar-refractivity contribution in [3.8, 4) is 0 Å². The summed E-state index contributed by atoms with van der Waals surface area (Å²) in [6.07, 6.45) is 1.61. The van der Waals surface area contributed by atoms with Crippen molar-refractivity contribution in [3.05, 3.63) is 71.7 Å². The molecule has 1 saturated heterocycles. The molecule has 2 aromatic carbocycles. The summed E-state index contributed by atoms with van der Waals surface area (Å²) in [5, 5.41) is 0.449. The Kier molecular flexibility index (Phi) is 5.28. The Hall–Kier alpha value is -2.49. The number of pyridine rings is 1. The summed E-state index contributed by atoms with van der Waals surface area (Å²) in [5.74, 6) is -2.62. The number of nitrogens with zero attached hydrogens (tertiary/aromatic N) is 3. The van der Waals surface area contributed by atoms with Crippen molar-refractivity contribution >= 4 is 20.9 Å². The van der Waals surface area contributed by atoms with E-state index in [0.29, 0.717) is 36.6 Å². The fourth-order valence-corrected chi connectivity index (χ4v) is 4.91. The molecule has 0 radical (unpaired) electrons. The molecule has 0 amide bonds. The summed E-state index contributed by atoms with van der Waals surface area (Å²) in [6, 6.07) is 9.03. The normalized spacial score (nSPS) is 16.4. The van der Waals surface area contributed by atoms with E-state index in [1.54, 1.807) is 24.4 Å². The van der Waals surface area contributed by atoms with E-state index in [-0.39, 0.29) is 23.8 Å². The van der Waals surface area contributed by atoms with Crippen LogP contribution in [0.4, 0.5) is 13.2 Å². The number of hydrogen-bond acceptors (Lipinski definition) is 4. The van der Waals surface area contributed by atoms with Gasteiger partial charge < -0.3 is 0 Å². The molecule has 0 N–H and O–H groups in total. The molecule has 0 bridgehead atoms. The van der Waals surface area contributed by atoms with Gasteiger partial charge in [0.2, 0.25) is 10.0 Å². The largest absolute Gasteiger partial charge is 0.296 e. The Labute approximate surface area is 166 Å². The van der Waals surface area contributed by atoms with E-state index >= 15 is 0 Å². The molecule has 9 heteroatoms. The molecule has 1 fully saturated rings. The van der Waals surface area contributed by atoms with Crippen LogP contribution in [0, 0.1) is 17.5 Å². The van der Waals surface area contributed by atoms with Crippen LogP contribution >= 0.6 is 0 Å². The van der Waals surface area contributed by atoms with E-state index in [2.05, 4.69) is 9.88 Å². The molecule has 152 valence electrons. The topological polar surface area (TPSA) is 53.5 Å². The highest BCUT2D eigenvalue weighted by atomic mass is 32.2. The zero-order valence-corrected chi connectivity index (χ0v) is 16.2. The van der Waals surface area contributed by atoms with Crippen LogP contribution in [0.1, 0.15) is 5.56 Å². The van der Waals surface area contributed by atoms with Crippen LogP contribution in [0.15, 0.2) is 53.6 Å². The van der Waals surface area contributed by atoms with Crippen LogP contribution in [0.3, 0.4) is 0 Å². The summed E-state index contributed by atoms with van der Waals surface area (Å²) in [4.78, 5) is 6.07. The van der Waals surface area contributed by atoms with Gasteiger partial charge in [0, 0.05) is 44.3 Å². The molecule has 29 heavy (non-hydrogen) atoms. The summed E-state index contributed by atoms with van der Waals surface area (Å²) in [6.45, 7) is 1.85. The van der Waals surface area contributed by atoms with Crippen molar-refractivity contribution in [2.24, 2.45) is 0 Å². The van der Waals surface area contributed by atoms with Gasteiger partial charge in [0.1, 0.15) is 5.82 Å². The Morgan fingerprint density at radius 2 is 1.62 bits per heavy atom. The first kappa shape index (κ1) is 19.8. The second-order valence-corrected chi connectivity index (χ2v) is 8.80. The highest BCUT2D eigenvalue weighted by molar-refractivity contribution is 7.89. The molecule has 0 unspecified atom stereocenters. The molecule has 0 saturated carbocycles. The maximum absolute atomic E-state index is 14.0. The van der Waals surface area contributed by atoms with Gasteiger partial charge in [0.05, 0.1) is 10.4 Å². The van der Waals surface area contributed by atoms with Gasteiger partial charge in [-0.05, 0) is 42.0 Å². The predicted molar refractivity (Wildman–Crippen MR) is 102 cm³/mol. The highest BCUT2D eigenvalue weighted by Gasteiger charge is 2.29. The molecule has 1 aliphatic rings. The first-order valence-electron chi connectivity index (χ1n) is 9.06. The molecule has 2 heterocycles. The van der Waals surface area contributed by atoms with Gasteiger partial charge in [-0.15, -0.1) is 0 Å². The Morgan fingerprint density at radius 1 is 0.897 bits per heavy atom. The van der Waals surface area contributed by atoms with Crippen LogP contribution in [0.25, 0.3) is 10.9 Å². The van der Waals surface area contributed by atoms with Gasteiger partial charge in [-0.3, -0.25) is 9.88 Å². The van der Waals surface area contributed by atoms with Crippen LogP contribution in [-0.4, -0.2) is 48.8 Å². The molecular weight excluding hydrogens is 403 g/mol. The maximum Gasteiger partial charge on any atom is 0.243 e. The Balaban J connectivity index is 1.47. The zero-order valence-electron chi connectivity index (χ0n) is 15.4. The first-order chi connectivity index (χ1) is 13.9. The van der Waals surface area contributed by atoms with Gasteiger partial charge >= 0.3 is 0 Å². The lowest BCUT2D eigenvalue weighted by Gasteiger charge is -2.34. The second-order valence-electron chi connectivity index (χ2n) is 6.86. The number of benzene rings is 2. The van der Waals surface area contributed by atoms with Gasteiger partial charge in [-0.2, -0.15) is 4.31 Å². The lowest BCUT2D eigenvalue weighted by atomic mass is 10.1. The molecule has 0 aliphatic carbocycles. The van der Waals surface area contributed by atoms with Crippen LogP contribution in [-0.2, 0) is 16.6 Å². The van der Waals surface area contributed by atoms with Gasteiger partial charge in [-0.1, -0.05) is 6.07 Å². The summed E-state index contributed by atoms with van der Waals surface area (Å²) < 4.78 is 67.2. The minimum Gasteiger partial charge on any atom is -0.296 e. The molecular formula is C20H18F3N3O2S.